The number of rotatable bonds is 9. The Morgan fingerprint density at radius 3 is 2.77 bits per heavy atom. The van der Waals surface area contributed by atoms with Gasteiger partial charge in [0.15, 0.2) is 5.96 Å². The molecule has 1 atom stereocenters. The molecule has 0 aliphatic carbocycles. The van der Waals surface area contributed by atoms with E-state index in [1.54, 1.807) is 0 Å². The maximum absolute atomic E-state index is 10.3. The van der Waals surface area contributed by atoms with E-state index < -0.39 is 6.10 Å². The van der Waals surface area contributed by atoms with Gasteiger partial charge in [0.2, 0.25) is 0 Å². The number of imidazole rings is 1. The Hall–Kier alpha value is -3.32. The summed E-state index contributed by atoms with van der Waals surface area (Å²) in [7, 11) is 1.95. The van der Waals surface area contributed by atoms with Gasteiger partial charge in [0.25, 0.3) is 0 Å². The van der Waals surface area contributed by atoms with Crippen molar-refractivity contribution in [3.63, 3.8) is 0 Å². The van der Waals surface area contributed by atoms with Gasteiger partial charge in [0.1, 0.15) is 24.3 Å². The van der Waals surface area contributed by atoms with Gasteiger partial charge < -0.3 is 25.0 Å². The molecule has 0 fully saturated rings. The molecule has 0 amide bonds. The molecular weight excluding hydrogens is 390 g/mol. The molecule has 1 unspecified atom stereocenters. The van der Waals surface area contributed by atoms with Gasteiger partial charge >= 0.3 is 0 Å². The molecule has 0 spiro atoms. The monoisotopic (exact) mass is 421 g/mol. The number of aromatic nitrogens is 2. The molecule has 0 saturated carbocycles. The van der Waals surface area contributed by atoms with Gasteiger partial charge in [-0.05, 0) is 37.1 Å². The Labute approximate surface area is 183 Å². The molecule has 164 valence electrons. The number of aliphatic imine (C=N–C) groups is 1. The van der Waals surface area contributed by atoms with Crippen LogP contribution in [0.3, 0.4) is 0 Å². The van der Waals surface area contributed by atoms with E-state index in [2.05, 4.69) is 20.3 Å². The van der Waals surface area contributed by atoms with Gasteiger partial charge in [-0.1, -0.05) is 42.5 Å². The summed E-state index contributed by atoms with van der Waals surface area (Å²) in [4.78, 5) is 14.4. The molecule has 0 radical (unpaired) electrons. The van der Waals surface area contributed by atoms with Gasteiger partial charge in [0, 0.05) is 13.6 Å². The lowest BCUT2D eigenvalue weighted by Gasteiger charge is -2.21. The molecule has 1 heterocycles. The molecule has 1 aromatic heterocycles. The molecule has 0 aliphatic heterocycles. The highest BCUT2D eigenvalue weighted by Crippen LogP contribution is 2.16. The fraction of sp³-hybridized carbons (Fsp3) is 0.333. The number of ether oxygens (including phenoxy) is 1. The van der Waals surface area contributed by atoms with Crippen molar-refractivity contribution in [3.05, 3.63) is 72.2 Å². The van der Waals surface area contributed by atoms with Crippen LogP contribution in [0.4, 0.5) is 0 Å². The van der Waals surface area contributed by atoms with Crippen LogP contribution in [0.25, 0.3) is 11.3 Å². The van der Waals surface area contributed by atoms with E-state index in [4.69, 9.17) is 4.74 Å². The number of hydrogen-bond donors (Lipinski definition) is 3. The van der Waals surface area contributed by atoms with Crippen molar-refractivity contribution in [2.45, 2.75) is 26.5 Å². The highest BCUT2D eigenvalue weighted by molar-refractivity contribution is 5.79. The Bertz CT molecular complexity index is 971. The number of nitrogens with one attached hydrogen (secondary N) is 2. The third-order valence-electron chi connectivity index (χ3n) is 4.68. The molecule has 2 aromatic carbocycles. The quantitative estimate of drug-likeness (QED) is 0.365. The van der Waals surface area contributed by atoms with Crippen molar-refractivity contribution in [1.82, 2.24) is 20.2 Å². The van der Waals surface area contributed by atoms with Crippen LogP contribution in [-0.4, -0.2) is 58.8 Å². The van der Waals surface area contributed by atoms with Gasteiger partial charge in [0.05, 0.1) is 25.0 Å². The van der Waals surface area contributed by atoms with Gasteiger partial charge in [-0.15, -0.1) is 0 Å². The molecule has 0 bridgehead atoms. The van der Waals surface area contributed by atoms with Crippen LogP contribution in [0.1, 0.15) is 18.3 Å². The lowest BCUT2D eigenvalue weighted by atomic mass is 10.2. The number of aromatic amines is 1. The third kappa shape index (κ3) is 6.86. The van der Waals surface area contributed by atoms with E-state index in [0.717, 1.165) is 34.9 Å². The van der Waals surface area contributed by atoms with Crippen LogP contribution in [0, 0.1) is 6.92 Å². The summed E-state index contributed by atoms with van der Waals surface area (Å²) in [6, 6.07) is 17.9. The maximum atomic E-state index is 10.3. The molecule has 0 aliphatic rings. The number of nitrogens with zero attached hydrogens (tertiary/aromatic N) is 3. The first kappa shape index (κ1) is 22.4. The summed E-state index contributed by atoms with van der Waals surface area (Å²) in [6.07, 6.45) is 1.14. The van der Waals surface area contributed by atoms with Gasteiger partial charge in [-0.2, -0.15) is 0 Å². The summed E-state index contributed by atoms with van der Waals surface area (Å²) < 4.78 is 5.67. The lowest BCUT2D eigenvalue weighted by molar-refractivity contribution is 0.114. The highest BCUT2D eigenvalue weighted by atomic mass is 16.5. The number of aliphatic hydroxyl groups excluding tert-OH is 1. The Morgan fingerprint density at radius 2 is 2.03 bits per heavy atom. The summed E-state index contributed by atoms with van der Waals surface area (Å²) in [5.74, 6) is 2.30. The SMILES string of the molecule is CCNC(=NCC(O)COc1cccc(C)c1)N(C)Cc1ncc(-c2ccccc2)[nH]1. The minimum absolute atomic E-state index is 0.189. The van der Waals surface area contributed by atoms with E-state index in [9.17, 15) is 5.11 Å². The van der Waals surface area contributed by atoms with Gasteiger partial charge in [-0.25, -0.2) is 4.98 Å². The number of benzene rings is 2. The van der Waals surface area contributed by atoms with Crippen LogP contribution < -0.4 is 10.1 Å². The topological polar surface area (TPSA) is 85.8 Å². The Kier molecular flexibility index (Phi) is 8.06. The third-order valence-corrected chi connectivity index (χ3v) is 4.68. The van der Waals surface area contributed by atoms with Crippen LogP contribution in [0.15, 0.2) is 65.8 Å². The number of aryl methyl sites for hydroxylation is 1. The fourth-order valence-corrected chi connectivity index (χ4v) is 3.12. The maximum Gasteiger partial charge on any atom is 0.194 e. The second kappa shape index (κ2) is 11.2. The number of aliphatic hydroxyl groups is 1. The number of guanidine groups is 1. The van der Waals surface area contributed by atoms with E-state index in [1.165, 1.54) is 0 Å². The lowest BCUT2D eigenvalue weighted by Crippen LogP contribution is -2.39. The van der Waals surface area contributed by atoms with Crippen molar-refractivity contribution >= 4 is 5.96 Å². The van der Waals surface area contributed by atoms with Crippen molar-refractivity contribution in [1.29, 1.82) is 0 Å². The molecule has 7 heteroatoms. The predicted octanol–water partition coefficient (Wildman–Crippen LogP) is 3.22. The second-order valence-corrected chi connectivity index (χ2v) is 7.44. The molecule has 3 N–H and O–H groups in total. The van der Waals surface area contributed by atoms with Gasteiger partial charge in [-0.3, -0.25) is 4.99 Å². The smallest absolute Gasteiger partial charge is 0.194 e. The first-order chi connectivity index (χ1) is 15.0. The zero-order chi connectivity index (χ0) is 22.1. The van der Waals surface area contributed by atoms with E-state index in [0.29, 0.717) is 12.5 Å². The van der Waals surface area contributed by atoms with Crippen molar-refractivity contribution < 1.29 is 9.84 Å². The van der Waals surface area contributed by atoms with Crippen LogP contribution in [-0.2, 0) is 6.54 Å². The molecule has 3 rings (SSSR count). The number of H-pyrrole nitrogens is 1. The normalized spacial score (nSPS) is 12.5. The first-order valence-corrected chi connectivity index (χ1v) is 10.5. The number of hydrogen-bond acceptors (Lipinski definition) is 4. The van der Waals surface area contributed by atoms with E-state index >= 15 is 0 Å². The van der Waals surface area contributed by atoms with E-state index in [1.807, 2.05) is 86.6 Å². The summed E-state index contributed by atoms with van der Waals surface area (Å²) in [5.41, 5.74) is 3.20. The van der Waals surface area contributed by atoms with Crippen LogP contribution in [0.5, 0.6) is 5.75 Å². The second-order valence-electron chi connectivity index (χ2n) is 7.44. The highest BCUT2D eigenvalue weighted by Gasteiger charge is 2.12. The Balaban J connectivity index is 1.56. The average Bonchev–Trinajstić information content (AvgIpc) is 3.24. The zero-order valence-corrected chi connectivity index (χ0v) is 18.4. The predicted molar refractivity (Wildman–Crippen MR) is 124 cm³/mol. The largest absolute Gasteiger partial charge is 0.491 e. The van der Waals surface area contributed by atoms with Crippen LogP contribution >= 0.6 is 0 Å². The summed E-state index contributed by atoms with van der Waals surface area (Å²) in [6.45, 7) is 5.75. The zero-order valence-electron chi connectivity index (χ0n) is 18.4. The van der Waals surface area contributed by atoms with Crippen molar-refractivity contribution in [2.75, 3.05) is 26.7 Å². The summed E-state index contributed by atoms with van der Waals surface area (Å²) in [5, 5.41) is 13.6. The molecule has 7 nitrogen and oxygen atoms in total. The fourth-order valence-electron chi connectivity index (χ4n) is 3.12. The van der Waals surface area contributed by atoms with Crippen LogP contribution in [0.2, 0.25) is 0 Å². The first-order valence-electron chi connectivity index (χ1n) is 10.5. The van der Waals surface area contributed by atoms with Crippen molar-refractivity contribution in [3.8, 4) is 17.0 Å². The average molecular weight is 422 g/mol. The minimum Gasteiger partial charge on any atom is -0.491 e. The molecule has 0 saturated heterocycles. The minimum atomic E-state index is -0.698. The molecule has 31 heavy (non-hydrogen) atoms. The summed E-state index contributed by atoms with van der Waals surface area (Å²) >= 11 is 0. The molecule has 3 aromatic rings. The standard InChI is InChI=1S/C24H31N5O2/c1-4-25-24(27-14-20(30)17-31-21-12-8-9-18(2)13-21)29(3)16-23-26-15-22(28-23)19-10-6-5-7-11-19/h5-13,15,20,30H,4,14,16-17H2,1-3H3,(H,25,27)(H,26,28). The Morgan fingerprint density at radius 1 is 1.23 bits per heavy atom. The molecular formula is C24H31N5O2. The van der Waals surface area contributed by atoms with Crippen molar-refractivity contribution in [2.24, 2.45) is 4.99 Å². The van der Waals surface area contributed by atoms with E-state index in [-0.39, 0.29) is 13.2 Å².